The number of ether oxygens (including phenoxy) is 1. The summed E-state index contributed by atoms with van der Waals surface area (Å²) in [5.41, 5.74) is 6.40. The van der Waals surface area contributed by atoms with Crippen LogP contribution in [0.4, 0.5) is 0 Å². The molecule has 0 aliphatic heterocycles. The number of thiocarbonyl (C=S) groups is 1. The lowest BCUT2D eigenvalue weighted by Crippen LogP contribution is -2.37. The number of rotatable bonds is 8. The zero-order chi connectivity index (χ0) is 21.7. The summed E-state index contributed by atoms with van der Waals surface area (Å²) in [6, 6.07) is 12.1. The first kappa shape index (κ1) is 22.2. The van der Waals surface area contributed by atoms with Gasteiger partial charge in [-0.25, -0.2) is 0 Å². The van der Waals surface area contributed by atoms with Gasteiger partial charge in [0.1, 0.15) is 5.75 Å². The SMILES string of the molecule is CCOc1ccc(CC(=S)N(CCO)CC2=Cc3cc(C)cc(C)c3CC2=O)cc1. The molecule has 0 saturated heterocycles. The summed E-state index contributed by atoms with van der Waals surface area (Å²) in [5.74, 6) is 0.961. The fourth-order valence-electron chi connectivity index (χ4n) is 3.85. The van der Waals surface area contributed by atoms with Crippen LogP contribution in [-0.4, -0.2) is 47.1 Å². The molecule has 0 amide bonds. The van der Waals surface area contributed by atoms with Crippen molar-refractivity contribution in [2.75, 3.05) is 26.3 Å². The Morgan fingerprint density at radius 1 is 1.20 bits per heavy atom. The lowest BCUT2D eigenvalue weighted by Gasteiger charge is -2.27. The van der Waals surface area contributed by atoms with Crippen molar-refractivity contribution in [3.8, 4) is 5.75 Å². The zero-order valence-corrected chi connectivity index (χ0v) is 18.7. The van der Waals surface area contributed by atoms with E-state index in [-0.39, 0.29) is 12.4 Å². The van der Waals surface area contributed by atoms with E-state index in [9.17, 15) is 9.90 Å². The van der Waals surface area contributed by atoms with Gasteiger partial charge >= 0.3 is 0 Å². The molecule has 0 unspecified atom stereocenters. The molecule has 2 aromatic rings. The first-order valence-electron chi connectivity index (χ1n) is 10.4. The van der Waals surface area contributed by atoms with Gasteiger partial charge in [-0.15, -0.1) is 0 Å². The average Bonchev–Trinajstić information content (AvgIpc) is 2.70. The van der Waals surface area contributed by atoms with E-state index < -0.39 is 0 Å². The Labute approximate surface area is 184 Å². The van der Waals surface area contributed by atoms with E-state index in [0.717, 1.165) is 33.6 Å². The standard InChI is InChI=1S/C25H29NO3S/c1-4-29-22-7-5-19(6-8-22)13-25(30)26(9-10-27)16-21-14-20-12-17(2)11-18(3)23(20)15-24(21)28/h5-8,11-12,14,27H,4,9-10,13,15-16H2,1-3H3. The molecular formula is C25H29NO3S. The molecule has 3 rings (SSSR count). The number of aliphatic hydroxyl groups is 1. The highest BCUT2D eigenvalue weighted by Gasteiger charge is 2.23. The minimum Gasteiger partial charge on any atom is -0.494 e. The first-order valence-corrected chi connectivity index (χ1v) is 10.8. The number of aryl methyl sites for hydroxylation is 2. The third kappa shape index (κ3) is 5.35. The van der Waals surface area contributed by atoms with E-state index in [1.807, 2.05) is 42.2 Å². The monoisotopic (exact) mass is 423 g/mol. The van der Waals surface area contributed by atoms with Gasteiger partial charge in [-0.1, -0.05) is 42.0 Å². The number of carbonyl (C=O) groups excluding carboxylic acids is 1. The summed E-state index contributed by atoms with van der Waals surface area (Å²) >= 11 is 5.68. The van der Waals surface area contributed by atoms with Gasteiger partial charge in [-0.3, -0.25) is 4.79 Å². The van der Waals surface area contributed by atoms with Crippen LogP contribution in [0.2, 0.25) is 0 Å². The molecule has 0 spiro atoms. The highest BCUT2D eigenvalue weighted by molar-refractivity contribution is 7.80. The number of aliphatic hydroxyl groups excluding tert-OH is 1. The van der Waals surface area contributed by atoms with Gasteiger partial charge in [0.15, 0.2) is 5.78 Å². The van der Waals surface area contributed by atoms with Crippen LogP contribution in [0, 0.1) is 13.8 Å². The van der Waals surface area contributed by atoms with Crippen LogP contribution in [0.3, 0.4) is 0 Å². The van der Waals surface area contributed by atoms with Crippen LogP contribution in [0.15, 0.2) is 42.0 Å². The maximum atomic E-state index is 12.8. The van der Waals surface area contributed by atoms with Gasteiger partial charge in [0, 0.05) is 31.5 Å². The Kier molecular flexibility index (Phi) is 7.40. The molecule has 1 aliphatic rings. The molecule has 1 N–H and O–H groups in total. The van der Waals surface area contributed by atoms with E-state index in [0.29, 0.717) is 37.5 Å². The second kappa shape index (κ2) is 10.0. The third-order valence-corrected chi connectivity index (χ3v) is 5.75. The molecular weight excluding hydrogens is 394 g/mol. The highest BCUT2D eigenvalue weighted by Crippen LogP contribution is 2.27. The molecule has 0 radical (unpaired) electrons. The van der Waals surface area contributed by atoms with Crippen LogP contribution in [0.25, 0.3) is 6.08 Å². The molecule has 0 fully saturated rings. The third-order valence-electron chi connectivity index (χ3n) is 5.35. The van der Waals surface area contributed by atoms with Crippen molar-refractivity contribution in [2.45, 2.75) is 33.6 Å². The molecule has 0 aromatic heterocycles. The summed E-state index contributed by atoms with van der Waals surface area (Å²) in [6.45, 7) is 7.52. The number of fused-ring (bicyclic) bond motifs is 1. The fraction of sp³-hybridized carbons (Fsp3) is 0.360. The number of hydrogen-bond acceptors (Lipinski definition) is 4. The van der Waals surface area contributed by atoms with Crippen molar-refractivity contribution in [2.24, 2.45) is 0 Å². The maximum absolute atomic E-state index is 12.8. The van der Waals surface area contributed by atoms with Gasteiger partial charge in [-0.2, -0.15) is 0 Å². The van der Waals surface area contributed by atoms with Crippen LogP contribution in [0.1, 0.15) is 34.7 Å². The second-order valence-electron chi connectivity index (χ2n) is 7.71. The van der Waals surface area contributed by atoms with Crippen LogP contribution < -0.4 is 4.74 Å². The summed E-state index contributed by atoms with van der Waals surface area (Å²) in [4.78, 5) is 15.4. The fourth-order valence-corrected chi connectivity index (χ4v) is 4.17. The summed E-state index contributed by atoms with van der Waals surface area (Å²) in [6.07, 6.45) is 2.99. The van der Waals surface area contributed by atoms with E-state index in [1.165, 1.54) is 5.56 Å². The summed E-state index contributed by atoms with van der Waals surface area (Å²) < 4.78 is 5.49. The van der Waals surface area contributed by atoms with Crippen LogP contribution in [-0.2, 0) is 17.6 Å². The predicted molar refractivity (Wildman–Crippen MR) is 125 cm³/mol. The quantitative estimate of drug-likeness (QED) is 0.649. The first-order chi connectivity index (χ1) is 14.4. The molecule has 0 saturated carbocycles. The van der Waals surface area contributed by atoms with E-state index in [1.54, 1.807) is 0 Å². The van der Waals surface area contributed by atoms with E-state index >= 15 is 0 Å². The Morgan fingerprint density at radius 3 is 2.60 bits per heavy atom. The van der Waals surface area contributed by atoms with E-state index in [4.69, 9.17) is 17.0 Å². The Balaban J connectivity index is 1.76. The van der Waals surface area contributed by atoms with Crippen molar-refractivity contribution in [1.82, 2.24) is 4.90 Å². The van der Waals surface area contributed by atoms with Gasteiger partial charge in [0.05, 0.1) is 18.2 Å². The van der Waals surface area contributed by atoms with Crippen molar-refractivity contribution in [3.05, 3.63) is 69.8 Å². The van der Waals surface area contributed by atoms with Crippen molar-refractivity contribution < 1.29 is 14.6 Å². The van der Waals surface area contributed by atoms with Crippen LogP contribution >= 0.6 is 12.2 Å². The zero-order valence-electron chi connectivity index (χ0n) is 17.9. The molecule has 0 atom stereocenters. The minimum atomic E-state index is -0.0142. The molecule has 2 aromatic carbocycles. The summed E-state index contributed by atoms with van der Waals surface area (Å²) in [5, 5.41) is 9.55. The van der Waals surface area contributed by atoms with Gasteiger partial charge in [0.2, 0.25) is 0 Å². The lowest BCUT2D eigenvalue weighted by molar-refractivity contribution is -0.115. The number of benzene rings is 2. The molecule has 158 valence electrons. The molecule has 5 heteroatoms. The number of carbonyl (C=O) groups is 1. The average molecular weight is 424 g/mol. The van der Waals surface area contributed by atoms with Gasteiger partial charge in [0.25, 0.3) is 0 Å². The number of nitrogens with zero attached hydrogens (tertiary/aromatic N) is 1. The van der Waals surface area contributed by atoms with E-state index in [2.05, 4.69) is 26.0 Å². The molecule has 4 nitrogen and oxygen atoms in total. The summed E-state index contributed by atoms with van der Waals surface area (Å²) in [7, 11) is 0. The molecule has 0 heterocycles. The minimum absolute atomic E-state index is 0.0142. The smallest absolute Gasteiger partial charge is 0.165 e. The van der Waals surface area contributed by atoms with Crippen molar-refractivity contribution >= 4 is 29.1 Å². The van der Waals surface area contributed by atoms with Crippen LogP contribution in [0.5, 0.6) is 5.75 Å². The van der Waals surface area contributed by atoms with Crippen molar-refractivity contribution in [3.63, 3.8) is 0 Å². The predicted octanol–water partition coefficient (Wildman–Crippen LogP) is 4.08. The normalized spacial score (nSPS) is 12.9. The number of hydrogen-bond donors (Lipinski definition) is 1. The van der Waals surface area contributed by atoms with Crippen molar-refractivity contribution in [1.29, 1.82) is 0 Å². The Morgan fingerprint density at radius 2 is 1.93 bits per heavy atom. The van der Waals surface area contributed by atoms with Gasteiger partial charge < -0.3 is 14.7 Å². The topological polar surface area (TPSA) is 49.8 Å². The largest absolute Gasteiger partial charge is 0.494 e. The second-order valence-corrected chi connectivity index (χ2v) is 8.18. The molecule has 30 heavy (non-hydrogen) atoms. The highest BCUT2D eigenvalue weighted by atomic mass is 32.1. The number of ketones is 1. The number of Topliss-reactive ketones (excluding diaryl/α,β-unsaturated/α-hetero) is 1. The molecule has 1 aliphatic carbocycles. The Hall–Kier alpha value is -2.50. The Bertz CT molecular complexity index is 963. The maximum Gasteiger partial charge on any atom is 0.165 e. The lowest BCUT2D eigenvalue weighted by atomic mass is 9.87. The molecule has 0 bridgehead atoms. The van der Waals surface area contributed by atoms with Gasteiger partial charge in [-0.05, 0) is 61.2 Å².